The summed E-state index contributed by atoms with van der Waals surface area (Å²) in [6.07, 6.45) is -0.882. The van der Waals surface area contributed by atoms with E-state index >= 15 is 0 Å². The van der Waals surface area contributed by atoms with Crippen molar-refractivity contribution in [2.45, 2.75) is 45.3 Å². The minimum Gasteiger partial charge on any atom is -0.448 e. The van der Waals surface area contributed by atoms with Crippen molar-refractivity contribution in [2.24, 2.45) is 0 Å². The SMILES string of the molecule is CC(C)c1nc(CN2CCO[C@H](CCNC(=O)C(F)F)C2)co1. The number of halogens is 2. The van der Waals surface area contributed by atoms with Crippen LogP contribution in [0.2, 0.25) is 0 Å². The molecule has 6 nitrogen and oxygen atoms in total. The normalized spacial score (nSPS) is 19.5. The van der Waals surface area contributed by atoms with Crippen LogP contribution < -0.4 is 5.32 Å². The van der Waals surface area contributed by atoms with Crippen molar-refractivity contribution >= 4 is 5.91 Å². The smallest absolute Gasteiger partial charge is 0.315 e. The number of nitrogens with one attached hydrogen (secondary N) is 1. The number of amides is 1. The Morgan fingerprint density at radius 1 is 1.52 bits per heavy atom. The number of aromatic nitrogens is 1. The van der Waals surface area contributed by atoms with Crippen LogP contribution in [-0.4, -0.2) is 54.6 Å². The van der Waals surface area contributed by atoms with Crippen LogP contribution in [-0.2, 0) is 16.1 Å². The van der Waals surface area contributed by atoms with Gasteiger partial charge in [0.25, 0.3) is 5.91 Å². The molecule has 0 bridgehead atoms. The van der Waals surface area contributed by atoms with Gasteiger partial charge in [-0.25, -0.2) is 4.98 Å². The van der Waals surface area contributed by atoms with E-state index in [2.05, 4.69) is 15.2 Å². The molecule has 1 atom stereocenters. The number of hydrogen-bond acceptors (Lipinski definition) is 5. The molecular formula is C15H23F2N3O3. The molecular weight excluding hydrogens is 308 g/mol. The molecule has 0 radical (unpaired) electrons. The van der Waals surface area contributed by atoms with Gasteiger partial charge in [-0.2, -0.15) is 8.78 Å². The highest BCUT2D eigenvalue weighted by atomic mass is 19.3. The number of morpholine rings is 1. The van der Waals surface area contributed by atoms with Gasteiger partial charge in [0.1, 0.15) is 6.26 Å². The third kappa shape index (κ3) is 5.54. The second-order valence-electron chi connectivity index (χ2n) is 5.94. The van der Waals surface area contributed by atoms with Gasteiger partial charge in [0.2, 0.25) is 0 Å². The van der Waals surface area contributed by atoms with E-state index in [1.807, 2.05) is 13.8 Å². The van der Waals surface area contributed by atoms with Crippen LogP contribution in [0.15, 0.2) is 10.7 Å². The van der Waals surface area contributed by atoms with Crippen LogP contribution in [0.5, 0.6) is 0 Å². The molecule has 1 N–H and O–H groups in total. The Morgan fingerprint density at radius 2 is 2.30 bits per heavy atom. The van der Waals surface area contributed by atoms with Crippen molar-refractivity contribution < 1.29 is 22.7 Å². The summed E-state index contributed by atoms with van der Waals surface area (Å²) in [7, 11) is 0. The van der Waals surface area contributed by atoms with Gasteiger partial charge in [-0.15, -0.1) is 0 Å². The molecule has 1 aromatic heterocycles. The van der Waals surface area contributed by atoms with E-state index in [1.165, 1.54) is 0 Å². The number of carbonyl (C=O) groups excluding carboxylic acids is 1. The minimum atomic E-state index is -2.97. The Bertz CT molecular complexity index is 508. The summed E-state index contributed by atoms with van der Waals surface area (Å²) < 4.78 is 35.2. The zero-order valence-corrected chi connectivity index (χ0v) is 13.4. The maximum atomic E-state index is 12.1. The van der Waals surface area contributed by atoms with Gasteiger partial charge in [0.15, 0.2) is 5.89 Å². The molecule has 1 amide bonds. The lowest BCUT2D eigenvalue weighted by atomic mass is 10.2. The number of carbonyl (C=O) groups is 1. The van der Waals surface area contributed by atoms with E-state index in [4.69, 9.17) is 9.15 Å². The molecule has 8 heteroatoms. The fourth-order valence-corrected chi connectivity index (χ4v) is 2.42. The summed E-state index contributed by atoms with van der Waals surface area (Å²) in [5, 5.41) is 2.19. The molecule has 1 saturated heterocycles. The zero-order valence-electron chi connectivity index (χ0n) is 13.4. The average Bonchev–Trinajstić information content (AvgIpc) is 2.96. The molecule has 1 aliphatic heterocycles. The zero-order chi connectivity index (χ0) is 16.8. The van der Waals surface area contributed by atoms with Gasteiger partial charge < -0.3 is 14.5 Å². The number of alkyl halides is 2. The van der Waals surface area contributed by atoms with Gasteiger partial charge >= 0.3 is 6.43 Å². The molecule has 1 aromatic rings. The lowest BCUT2D eigenvalue weighted by Crippen LogP contribution is -2.43. The Kier molecular flexibility index (Phi) is 6.47. The Balaban J connectivity index is 1.75. The Morgan fingerprint density at radius 3 is 2.96 bits per heavy atom. The first kappa shape index (κ1) is 17.8. The van der Waals surface area contributed by atoms with Crippen molar-refractivity contribution in [2.75, 3.05) is 26.2 Å². The topological polar surface area (TPSA) is 67.6 Å². The third-order valence-corrected chi connectivity index (χ3v) is 3.64. The first-order chi connectivity index (χ1) is 11.0. The minimum absolute atomic E-state index is 0.0850. The van der Waals surface area contributed by atoms with E-state index in [1.54, 1.807) is 6.26 Å². The molecule has 0 spiro atoms. The highest BCUT2D eigenvalue weighted by Gasteiger charge is 2.22. The Labute approximate surface area is 134 Å². The van der Waals surface area contributed by atoms with Crippen LogP contribution in [0, 0.1) is 0 Å². The largest absolute Gasteiger partial charge is 0.448 e. The van der Waals surface area contributed by atoms with Crippen molar-refractivity contribution in [3.05, 3.63) is 17.8 Å². The van der Waals surface area contributed by atoms with Crippen LogP contribution in [0.25, 0.3) is 0 Å². The van der Waals surface area contributed by atoms with Gasteiger partial charge in [-0.1, -0.05) is 13.8 Å². The monoisotopic (exact) mass is 331 g/mol. The van der Waals surface area contributed by atoms with Crippen molar-refractivity contribution in [3.8, 4) is 0 Å². The van der Waals surface area contributed by atoms with E-state index < -0.39 is 12.3 Å². The standard InChI is InChI=1S/C15H23F2N3O3/c1-10(2)15-19-11(9-23-15)7-20-5-6-22-12(8-20)3-4-18-14(21)13(16)17/h9-10,12-13H,3-8H2,1-2H3,(H,18,21)/t12-/m1/s1. The number of hydrogen-bond donors (Lipinski definition) is 1. The Hall–Kier alpha value is -1.54. The van der Waals surface area contributed by atoms with E-state index in [0.29, 0.717) is 26.1 Å². The highest BCUT2D eigenvalue weighted by molar-refractivity contribution is 5.78. The van der Waals surface area contributed by atoms with Crippen LogP contribution in [0.4, 0.5) is 8.78 Å². The summed E-state index contributed by atoms with van der Waals surface area (Å²) in [5.74, 6) is -0.263. The van der Waals surface area contributed by atoms with Gasteiger partial charge in [-0.05, 0) is 6.42 Å². The molecule has 2 rings (SSSR count). The lowest BCUT2D eigenvalue weighted by Gasteiger charge is -2.32. The number of ether oxygens (including phenoxy) is 1. The molecule has 130 valence electrons. The van der Waals surface area contributed by atoms with Gasteiger partial charge in [-0.3, -0.25) is 9.69 Å². The number of rotatable bonds is 7. The van der Waals surface area contributed by atoms with E-state index in [-0.39, 0.29) is 18.6 Å². The molecule has 0 aliphatic carbocycles. The third-order valence-electron chi connectivity index (χ3n) is 3.64. The second-order valence-corrected chi connectivity index (χ2v) is 5.94. The summed E-state index contributed by atoms with van der Waals surface area (Å²) in [5.41, 5.74) is 0.875. The molecule has 1 aliphatic rings. The van der Waals surface area contributed by atoms with E-state index in [9.17, 15) is 13.6 Å². The summed E-state index contributed by atoms with van der Waals surface area (Å²) >= 11 is 0. The molecule has 23 heavy (non-hydrogen) atoms. The van der Waals surface area contributed by atoms with Crippen molar-refractivity contribution in [1.29, 1.82) is 0 Å². The first-order valence-electron chi connectivity index (χ1n) is 7.79. The van der Waals surface area contributed by atoms with Crippen LogP contribution in [0.1, 0.15) is 37.8 Å². The predicted molar refractivity (Wildman–Crippen MR) is 79.2 cm³/mol. The van der Waals surface area contributed by atoms with Crippen molar-refractivity contribution in [3.63, 3.8) is 0 Å². The lowest BCUT2D eigenvalue weighted by molar-refractivity contribution is -0.131. The molecule has 2 heterocycles. The highest BCUT2D eigenvalue weighted by Crippen LogP contribution is 2.16. The molecule has 0 aromatic carbocycles. The molecule has 1 fully saturated rings. The second kappa shape index (κ2) is 8.35. The predicted octanol–water partition coefficient (Wildman–Crippen LogP) is 1.77. The molecule has 0 saturated carbocycles. The number of oxazole rings is 1. The first-order valence-corrected chi connectivity index (χ1v) is 7.79. The van der Waals surface area contributed by atoms with Crippen LogP contribution >= 0.6 is 0 Å². The van der Waals surface area contributed by atoms with Crippen molar-refractivity contribution in [1.82, 2.24) is 15.2 Å². The van der Waals surface area contributed by atoms with Crippen LogP contribution in [0.3, 0.4) is 0 Å². The summed E-state index contributed by atoms with van der Waals surface area (Å²) in [6, 6.07) is 0. The summed E-state index contributed by atoms with van der Waals surface area (Å²) in [6.45, 7) is 6.92. The van der Waals surface area contributed by atoms with Gasteiger partial charge in [0.05, 0.1) is 18.4 Å². The van der Waals surface area contributed by atoms with E-state index in [0.717, 1.165) is 18.1 Å². The number of nitrogens with zero attached hydrogens (tertiary/aromatic N) is 2. The maximum Gasteiger partial charge on any atom is 0.315 e. The average molecular weight is 331 g/mol. The quantitative estimate of drug-likeness (QED) is 0.825. The maximum absolute atomic E-state index is 12.1. The fraction of sp³-hybridized carbons (Fsp3) is 0.733. The van der Waals surface area contributed by atoms with Gasteiger partial charge in [0, 0.05) is 32.1 Å². The summed E-state index contributed by atoms with van der Waals surface area (Å²) in [4.78, 5) is 17.4. The fourth-order valence-electron chi connectivity index (χ4n) is 2.42. The molecule has 0 unspecified atom stereocenters.